The molecule has 0 aromatic heterocycles. The molecule has 0 heterocycles. The third-order valence-corrected chi connectivity index (χ3v) is 2.61. The first-order chi connectivity index (χ1) is 7.90. The fourth-order valence-corrected chi connectivity index (χ4v) is 1.78. The normalized spacial score (nSPS) is 13.2. The summed E-state index contributed by atoms with van der Waals surface area (Å²) in [7, 11) is 3.15. The number of benzene rings is 1. The Balaban J connectivity index is 3.02. The summed E-state index contributed by atoms with van der Waals surface area (Å²) in [5.41, 5.74) is 0.390. The summed E-state index contributed by atoms with van der Waals surface area (Å²) in [6.45, 7) is 5.96. The number of carbonyl (C=O) groups is 1. The van der Waals surface area contributed by atoms with Crippen molar-refractivity contribution in [2.45, 2.75) is 26.9 Å². The number of methoxy groups -OCH3 is 2. The second-order valence-electron chi connectivity index (χ2n) is 5.08. The first-order valence-electron chi connectivity index (χ1n) is 5.61. The average Bonchev–Trinajstić information content (AvgIpc) is 2.28. The molecule has 0 aliphatic heterocycles. The van der Waals surface area contributed by atoms with Gasteiger partial charge in [-0.25, -0.2) is 0 Å². The van der Waals surface area contributed by atoms with Crippen molar-refractivity contribution in [2.75, 3.05) is 14.2 Å². The molecule has 1 rings (SSSR count). The molecule has 0 saturated carbocycles. The van der Waals surface area contributed by atoms with Crippen molar-refractivity contribution in [3.8, 4) is 5.75 Å². The Hall–Kier alpha value is -1.35. The van der Waals surface area contributed by atoms with Gasteiger partial charge in [0.2, 0.25) is 0 Å². The molecule has 1 atom stereocenters. The smallest absolute Gasteiger partial charge is 0.192 e. The van der Waals surface area contributed by atoms with Gasteiger partial charge in [0.1, 0.15) is 11.9 Å². The highest BCUT2D eigenvalue weighted by Gasteiger charge is 2.31. The molecule has 3 heteroatoms. The lowest BCUT2D eigenvalue weighted by atomic mass is 9.84. The summed E-state index contributed by atoms with van der Waals surface area (Å²) < 4.78 is 10.4. The Morgan fingerprint density at radius 3 is 2.35 bits per heavy atom. The fourth-order valence-electron chi connectivity index (χ4n) is 1.78. The largest absolute Gasteiger partial charge is 0.497 e. The van der Waals surface area contributed by atoms with Crippen LogP contribution in [0.3, 0.4) is 0 Å². The topological polar surface area (TPSA) is 35.5 Å². The first kappa shape index (κ1) is 13.7. The van der Waals surface area contributed by atoms with Crippen LogP contribution in [0, 0.1) is 5.41 Å². The summed E-state index contributed by atoms with van der Waals surface area (Å²) >= 11 is 0. The van der Waals surface area contributed by atoms with Crippen molar-refractivity contribution in [1.29, 1.82) is 0 Å². The zero-order valence-corrected chi connectivity index (χ0v) is 11.1. The van der Waals surface area contributed by atoms with Crippen molar-refractivity contribution < 1.29 is 14.3 Å². The lowest BCUT2D eigenvalue weighted by molar-refractivity contribution is 0.0195. The van der Waals surface area contributed by atoms with E-state index in [9.17, 15) is 4.79 Å². The number of hydrogen-bond acceptors (Lipinski definition) is 3. The molecule has 0 radical (unpaired) electrons. The van der Waals surface area contributed by atoms with E-state index in [-0.39, 0.29) is 11.2 Å². The lowest BCUT2D eigenvalue weighted by Gasteiger charge is -2.28. The summed E-state index contributed by atoms with van der Waals surface area (Å²) in [6.07, 6.45) is -0.449. The van der Waals surface area contributed by atoms with E-state index in [0.717, 1.165) is 0 Å². The number of carbonyl (C=O) groups excluding carboxylic acids is 1. The van der Waals surface area contributed by atoms with Gasteiger partial charge in [-0.15, -0.1) is 0 Å². The van der Waals surface area contributed by atoms with Crippen molar-refractivity contribution in [3.05, 3.63) is 29.8 Å². The molecule has 1 unspecified atom stereocenters. The Labute approximate surface area is 103 Å². The SMILES string of the molecule is COc1cccc(C(=O)C(OC)C(C)(C)C)c1. The van der Waals surface area contributed by atoms with Gasteiger partial charge in [0, 0.05) is 12.7 Å². The van der Waals surface area contributed by atoms with Crippen molar-refractivity contribution >= 4 is 5.78 Å². The van der Waals surface area contributed by atoms with Gasteiger partial charge in [-0.1, -0.05) is 32.9 Å². The molecule has 0 saturated heterocycles. The zero-order chi connectivity index (χ0) is 13.1. The molecule has 3 nitrogen and oxygen atoms in total. The number of rotatable bonds is 4. The quantitative estimate of drug-likeness (QED) is 0.754. The van der Waals surface area contributed by atoms with Crippen LogP contribution >= 0.6 is 0 Å². The molecule has 0 spiro atoms. The number of ketones is 1. The highest BCUT2D eigenvalue weighted by molar-refractivity contribution is 6.00. The molecule has 0 aliphatic carbocycles. The van der Waals surface area contributed by atoms with Gasteiger partial charge in [0.25, 0.3) is 0 Å². The number of Topliss-reactive ketones (excluding diaryl/α,β-unsaturated/α-hetero) is 1. The van der Waals surface area contributed by atoms with Crippen LogP contribution in [0.25, 0.3) is 0 Å². The highest BCUT2D eigenvalue weighted by atomic mass is 16.5. The van der Waals surface area contributed by atoms with Crippen LogP contribution in [0.4, 0.5) is 0 Å². The molecular formula is C14H20O3. The minimum Gasteiger partial charge on any atom is -0.497 e. The second-order valence-corrected chi connectivity index (χ2v) is 5.08. The highest BCUT2D eigenvalue weighted by Crippen LogP contribution is 2.26. The molecule has 1 aromatic carbocycles. The van der Waals surface area contributed by atoms with Crippen LogP contribution in [-0.2, 0) is 4.74 Å². The average molecular weight is 236 g/mol. The van der Waals surface area contributed by atoms with Gasteiger partial charge >= 0.3 is 0 Å². The van der Waals surface area contributed by atoms with Crippen molar-refractivity contribution in [1.82, 2.24) is 0 Å². The van der Waals surface area contributed by atoms with Crippen LogP contribution in [0.5, 0.6) is 5.75 Å². The zero-order valence-electron chi connectivity index (χ0n) is 11.1. The van der Waals surface area contributed by atoms with Gasteiger partial charge in [-0.3, -0.25) is 4.79 Å². The summed E-state index contributed by atoms with van der Waals surface area (Å²) in [4.78, 5) is 12.3. The number of hydrogen-bond donors (Lipinski definition) is 0. The second kappa shape index (κ2) is 5.32. The minimum atomic E-state index is -0.449. The monoisotopic (exact) mass is 236 g/mol. The lowest BCUT2D eigenvalue weighted by Crippen LogP contribution is -2.36. The molecule has 94 valence electrons. The van der Waals surface area contributed by atoms with Crippen molar-refractivity contribution in [3.63, 3.8) is 0 Å². The van der Waals surface area contributed by atoms with E-state index in [1.807, 2.05) is 26.8 Å². The van der Waals surface area contributed by atoms with Crippen molar-refractivity contribution in [2.24, 2.45) is 5.41 Å². The third kappa shape index (κ3) is 3.30. The van der Waals surface area contributed by atoms with Crippen LogP contribution in [0.2, 0.25) is 0 Å². The van der Waals surface area contributed by atoms with Gasteiger partial charge in [0.05, 0.1) is 7.11 Å². The van der Waals surface area contributed by atoms with Gasteiger partial charge < -0.3 is 9.47 Å². The Kier molecular flexibility index (Phi) is 4.29. The van der Waals surface area contributed by atoms with E-state index in [1.165, 1.54) is 0 Å². The van der Waals surface area contributed by atoms with Gasteiger partial charge in [0.15, 0.2) is 5.78 Å². The molecule has 0 aliphatic rings. The molecule has 0 bridgehead atoms. The van der Waals surface area contributed by atoms with E-state index in [4.69, 9.17) is 9.47 Å². The minimum absolute atomic E-state index is 0.0149. The molecule has 0 fully saturated rings. The van der Waals surface area contributed by atoms with E-state index < -0.39 is 6.10 Å². The third-order valence-electron chi connectivity index (χ3n) is 2.61. The molecule has 17 heavy (non-hydrogen) atoms. The van der Waals surface area contributed by atoms with E-state index >= 15 is 0 Å². The van der Waals surface area contributed by atoms with Gasteiger partial charge in [-0.05, 0) is 17.5 Å². The maximum absolute atomic E-state index is 12.3. The maximum Gasteiger partial charge on any atom is 0.192 e. The predicted molar refractivity (Wildman–Crippen MR) is 67.6 cm³/mol. The van der Waals surface area contributed by atoms with Crippen LogP contribution in [0.15, 0.2) is 24.3 Å². The molecule has 0 N–H and O–H groups in total. The van der Waals surface area contributed by atoms with E-state index in [0.29, 0.717) is 11.3 Å². The van der Waals surface area contributed by atoms with Gasteiger partial charge in [-0.2, -0.15) is 0 Å². The van der Waals surface area contributed by atoms with E-state index in [2.05, 4.69) is 0 Å². The molecular weight excluding hydrogens is 216 g/mol. The van der Waals surface area contributed by atoms with Crippen LogP contribution in [0.1, 0.15) is 31.1 Å². The first-order valence-corrected chi connectivity index (χ1v) is 5.61. The Bertz CT molecular complexity index is 391. The summed E-state index contributed by atoms with van der Waals surface area (Å²) in [6, 6.07) is 7.14. The predicted octanol–water partition coefficient (Wildman–Crippen LogP) is 2.94. The maximum atomic E-state index is 12.3. The van der Waals surface area contributed by atoms with Crippen LogP contribution < -0.4 is 4.74 Å². The molecule has 1 aromatic rings. The fraction of sp³-hybridized carbons (Fsp3) is 0.500. The summed E-state index contributed by atoms with van der Waals surface area (Å²) in [5.74, 6) is 0.665. The molecule has 0 amide bonds. The summed E-state index contributed by atoms with van der Waals surface area (Å²) in [5, 5.41) is 0. The van der Waals surface area contributed by atoms with E-state index in [1.54, 1.807) is 32.4 Å². The Morgan fingerprint density at radius 1 is 1.24 bits per heavy atom. The standard InChI is InChI=1S/C14H20O3/c1-14(2,3)13(17-5)12(15)10-7-6-8-11(9-10)16-4/h6-9,13H,1-5H3. The van der Waals surface area contributed by atoms with Crippen LogP contribution in [-0.4, -0.2) is 26.1 Å². The number of ether oxygens (including phenoxy) is 2. The Morgan fingerprint density at radius 2 is 1.88 bits per heavy atom.